The standard InChI is InChI=1S/C16H22N2O6S2/c1-2-6-18(12-5-8-26(22,23)11-12)14(19)10-24-15(20)9-17-16(21)13-4-3-7-25-13/h3-4,7,12H,2,5-6,8-11H2,1H3,(H,17,21)/t12-/m0/s1. The summed E-state index contributed by atoms with van der Waals surface area (Å²) in [6.45, 7) is 1.49. The molecule has 1 N–H and O–H groups in total. The number of carbonyl (C=O) groups excluding carboxylic acids is 3. The molecule has 1 fully saturated rings. The van der Waals surface area contributed by atoms with Gasteiger partial charge in [0, 0.05) is 12.6 Å². The zero-order chi connectivity index (χ0) is 19.2. The van der Waals surface area contributed by atoms with Crippen LogP contribution < -0.4 is 5.32 Å². The molecule has 2 heterocycles. The van der Waals surface area contributed by atoms with E-state index in [2.05, 4.69) is 5.32 Å². The Morgan fingerprint density at radius 3 is 2.73 bits per heavy atom. The lowest BCUT2D eigenvalue weighted by molar-refractivity contribution is -0.152. The number of sulfone groups is 1. The number of hydrogen-bond acceptors (Lipinski definition) is 7. The molecule has 0 radical (unpaired) electrons. The Hall–Kier alpha value is -1.94. The molecule has 10 heteroatoms. The van der Waals surface area contributed by atoms with Gasteiger partial charge in [0.2, 0.25) is 0 Å². The van der Waals surface area contributed by atoms with Crippen molar-refractivity contribution in [2.24, 2.45) is 0 Å². The van der Waals surface area contributed by atoms with E-state index in [4.69, 9.17) is 4.74 Å². The second-order valence-corrected chi connectivity index (χ2v) is 9.14. The number of hydrogen-bond donors (Lipinski definition) is 1. The average Bonchev–Trinajstić information content (AvgIpc) is 3.25. The van der Waals surface area contributed by atoms with Crippen LogP contribution >= 0.6 is 11.3 Å². The summed E-state index contributed by atoms with van der Waals surface area (Å²) in [5.41, 5.74) is 0. The molecule has 144 valence electrons. The first kappa shape index (κ1) is 20.4. The minimum atomic E-state index is -3.11. The van der Waals surface area contributed by atoms with Gasteiger partial charge >= 0.3 is 5.97 Å². The summed E-state index contributed by atoms with van der Waals surface area (Å²) in [4.78, 5) is 37.7. The third-order valence-electron chi connectivity index (χ3n) is 3.93. The van der Waals surface area contributed by atoms with Gasteiger partial charge in [-0.05, 0) is 24.3 Å². The van der Waals surface area contributed by atoms with Gasteiger partial charge in [0.25, 0.3) is 11.8 Å². The molecule has 1 aromatic rings. The van der Waals surface area contributed by atoms with Gasteiger partial charge in [0.05, 0.1) is 16.4 Å². The summed E-state index contributed by atoms with van der Waals surface area (Å²) >= 11 is 1.25. The van der Waals surface area contributed by atoms with E-state index in [9.17, 15) is 22.8 Å². The molecule has 26 heavy (non-hydrogen) atoms. The van der Waals surface area contributed by atoms with Gasteiger partial charge in [-0.1, -0.05) is 13.0 Å². The lowest BCUT2D eigenvalue weighted by Crippen LogP contribution is -2.44. The van der Waals surface area contributed by atoms with Gasteiger partial charge in [-0.15, -0.1) is 11.3 Å². The number of carbonyl (C=O) groups is 3. The fourth-order valence-corrected chi connectivity index (χ4v) is 5.07. The number of rotatable bonds is 8. The SMILES string of the molecule is CCCN(C(=O)COC(=O)CNC(=O)c1cccs1)[C@H]1CCS(=O)(=O)C1. The zero-order valence-corrected chi connectivity index (χ0v) is 16.1. The Morgan fingerprint density at radius 2 is 2.15 bits per heavy atom. The molecule has 2 amide bonds. The molecule has 0 spiro atoms. The summed E-state index contributed by atoms with van der Waals surface area (Å²) in [5.74, 6) is -1.51. The van der Waals surface area contributed by atoms with Gasteiger partial charge < -0.3 is 15.0 Å². The van der Waals surface area contributed by atoms with Crippen molar-refractivity contribution in [3.05, 3.63) is 22.4 Å². The average molecular weight is 402 g/mol. The van der Waals surface area contributed by atoms with Gasteiger partial charge in [0.1, 0.15) is 6.54 Å². The van der Waals surface area contributed by atoms with Crippen LogP contribution in [0.4, 0.5) is 0 Å². The fraction of sp³-hybridized carbons (Fsp3) is 0.562. The van der Waals surface area contributed by atoms with Crippen LogP contribution in [0.5, 0.6) is 0 Å². The summed E-state index contributed by atoms with van der Waals surface area (Å²) in [6, 6.07) is 2.99. The molecule has 0 unspecified atom stereocenters. The Labute approximate surface area is 156 Å². The van der Waals surface area contributed by atoms with Crippen molar-refractivity contribution in [2.75, 3.05) is 31.2 Å². The minimum Gasteiger partial charge on any atom is -0.454 e. The van der Waals surface area contributed by atoms with Gasteiger partial charge in [-0.25, -0.2) is 8.42 Å². The van der Waals surface area contributed by atoms with E-state index in [1.54, 1.807) is 17.5 Å². The van der Waals surface area contributed by atoms with E-state index in [0.29, 0.717) is 24.3 Å². The van der Waals surface area contributed by atoms with Crippen LogP contribution in [-0.2, 0) is 24.2 Å². The maximum atomic E-state index is 12.3. The first-order chi connectivity index (χ1) is 12.3. The second kappa shape index (κ2) is 9.13. The summed E-state index contributed by atoms with van der Waals surface area (Å²) in [5, 5.41) is 4.17. The van der Waals surface area contributed by atoms with Crippen LogP contribution in [0.3, 0.4) is 0 Å². The molecule has 1 saturated heterocycles. The van der Waals surface area contributed by atoms with E-state index in [0.717, 1.165) is 0 Å². The number of amides is 2. The Kier molecular flexibility index (Phi) is 7.15. The number of ether oxygens (including phenoxy) is 1. The molecule has 1 aliphatic rings. The van der Waals surface area contributed by atoms with Crippen LogP contribution in [0.2, 0.25) is 0 Å². The second-order valence-electron chi connectivity index (χ2n) is 5.96. The normalized spacial score (nSPS) is 18.3. The zero-order valence-electron chi connectivity index (χ0n) is 14.5. The van der Waals surface area contributed by atoms with E-state index >= 15 is 0 Å². The summed E-state index contributed by atoms with van der Waals surface area (Å²) in [6.07, 6.45) is 1.08. The number of esters is 1. The largest absolute Gasteiger partial charge is 0.454 e. The molecule has 1 aliphatic heterocycles. The first-order valence-corrected chi connectivity index (χ1v) is 11.0. The predicted molar refractivity (Wildman–Crippen MR) is 96.7 cm³/mol. The number of nitrogens with zero attached hydrogens (tertiary/aromatic N) is 1. The Bertz CT molecular complexity index is 745. The molecule has 0 bridgehead atoms. The van der Waals surface area contributed by atoms with E-state index < -0.39 is 28.3 Å². The van der Waals surface area contributed by atoms with Crippen molar-refractivity contribution in [1.82, 2.24) is 10.2 Å². The Balaban J connectivity index is 1.79. The molecule has 2 rings (SSSR count). The van der Waals surface area contributed by atoms with Crippen molar-refractivity contribution in [1.29, 1.82) is 0 Å². The molecule has 0 saturated carbocycles. The maximum Gasteiger partial charge on any atom is 0.325 e. The number of thiophene rings is 1. The summed E-state index contributed by atoms with van der Waals surface area (Å²) in [7, 11) is -3.11. The van der Waals surface area contributed by atoms with Gasteiger partial charge in [-0.2, -0.15) is 0 Å². The van der Waals surface area contributed by atoms with Gasteiger partial charge in [0.15, 0.2) is 16.4 Å². The smallest absolute Gasteiger partial charge is 0.325 e. The van der Waals surface area contributed by atoms with E-state index in [-0.39, 0.29) is 30.0 Å². The molecule has 1 aromatic heterocycles. The Morgan fingerprint density at radius 1 is 1.38 bits per heavy atom. The van der Waals surface area contributed by atoms with Crippen molar-refractivity contribution < 1.29 is 27.5 Å². The van der Waals surface area contributed by atoms with Crippen molar-refractivity contribution >= 4 is 39.0 Å². The number of nitrogens with one attached hydrogen (secondary N) is 1. The van der Waals surface area contributed by atoms with Crippen LogP contribution in [-0.4, -0.2) is 68.3 Å². The lowest BCUT2D eigenvalue weighted by atomic mass is 10.2. The minimum absolute atomic E-state index is 0.0520. The molecule has 0 aromatic carbocycles. The highest BCUT2D eigenvalue weighted by atomic mass is 32.2. The van der Waals surface area contributed by atoms with Crippen molar-refractivity contribution in [3.8, 4) is 0 Å². The van der Waals surface area contributed by atoms with Crippen LogP contribution in [0.1, 0.15) is 29.4 Å². The maximum absolute atomic E-state index is 12.3. The third-order valence-corrected chi connectivity index (χ3v) is 6.55. The predicted octanol–water partition coefficient (Wildman–Crippen LogP) is 0.447. The molecular formula is C16H22N2O6S2. The topological polar surface area (TPSA) is 110 Å². The highest BCUT2D eigenvalue weighted by Crippen LogP contribution is 2.18. The molecule has 1 atom stereocenters. The molecule has 0 aliphatic carbocycles. The van der Waals surface area contributed by atoms with Crippen LogP contribution in [0.15, 0.2) is 17.5 Å². The highest BCUT2D eigenvalue weighted by Gasteiger charge is 2.34. The van der Waals surface area contributed by atoms with Crippen molar-refractivity contribution in [2.45, 2.75) is 25.8 Å². The first-order valence-electron chi connectivity index (χ1n) is 8.29. The van der Waals surface area contributed by atoms with E-state index in [1.807, 2.05) is 6.92 Å². The van der Waals surface area contributed by atoms with Crippen molar-refractivity contribution in [3.63, 3.8) is 0 Å². The van der Waals surface area contributed by atoms with Gasteiger partial charge in [-0.3, -0.25) is 14.4 Å². The quantitative estimate of drug-likeness (QED) is 0.632. The molecule has 8 nitrogen and oxygen atoms in total. The lowest BCUT2D eigenvalue weighted by Gasteiger charge is -2.27. The fourth-order valence-electron chi connectivity index (χ4n) is 2.70. The van der Waals surface area contributed by atoms with Crippen LogP contribution in [0, 0.1) is 0 Å². The molecular weight excluding hydrogens is 380 g/mol. The summed E-state index contributed by atoms with van der Waals surface area (Å²) < 4.78 is 28.2. The highest BCUT2D eigenvalue weighted by molar-refractivity contribution is 7.91. The van der Waals surface area contributed by atoms with E-state index in [1.165, 1.54) is 16.2 Å². The van der Waals surface area contributed by atoms with Crippen LogP contribution in [0.25, 0.3) is 0 Å². The monoisotopic (exact) mass is 402 g/mol. The third kappa shape index (κ3) is 5.80.